The van der Waals surface area contributed by atoms with Gasteiger partial charge in [-0.15, -0.1) is 0 Å². The highest BCUT2D eigenvalue weighted by Gasteiger charge is 2.29. The third-order valence-corrected chi connectivity index (χ3v) is 3.66. The number of hydrogen-bond donors (Lipinski definition) is 2. The predicted molar refractivity (Wildman–Crippen MR) is 81.6 cm³/mol. The number of primary amides is 1. The summed E-state index contributed by atoms with van der Waals surface area (Å²) >= 11 is 0. The summed E-state index contributed by atoms with van der Waals surface area (Å²) in [6.45, 7) is 7.86. The van der Waals surface area contributed by atoms with Gasteiger partial charge in [0.2, 0.25) is 5.91 Å². The largest absolute Gasteiger partial charge is 0.490 e. The molecule has 0 aliphatic carbocycles. The Bertz CT molecular complexity index is 458. The summed E-state index contributed by atoms with van der Waals surface area (Å²) in [7, 11) is 0. The van der Waals surface area contributed by atoms with Crippen molar-refractivity contribution in [2.24, 2.45) is 11.5 Å². The lowest BCUT2D eigenvalue weighted by Gasteiger charge is -2.26. The van der Waals surface area contributed by atoms with E-state index in [1.54, 1.807) is 6.92 Å². The lowest BCUT2D eigenvalue weighted by atomic mass is 9.95. The number of carbonyl (C=O) groups excluding carboxylic acids is 1. The smallest absolute Gasteiger partial charge is 0.237 e. The molecule has 0 bridgehead atoms. The molecule has 0 aromatic heterocycles. The van der Waals surface area contributed by atoms with Crippen LogP contribution in [0.2, 0.25) is 0 Å². The highest BCUT2D eigenvalue weighted by molar-refractivity contribution is 5.83. The minimum absolute atomic E-state index is 0.178. The molecule has 1 aromatic rings. The van der Waals surface area contributed by atoms with Gasteiger partial charge >= 0.3 is 0 Å². The van der Waals surface area contributed by atoms with E-state index in [2.05, 4.69) is 19.9 Å². The maximum absolute atomic E-state index is 11.3. The molecule has 0 aliphatic heterocycles. The molecule has 0 fully saturated rings. The molecule has 0 aliphatic rings. The molecular weight excluding hydrogens is 252 g/mol. The van der Waals surface area contributed by atoms with Gasteiger partial charge in [0.25, 0.3) is 0 Å². The van der Waals surface area contributed by atoms with E-state index in [4.69, 9.17) is 16.2 Å². The number of nitrogens with two attached hydrogens (primary N) is 2. The maximum atomic E-state index is 11.3. The number of para-hydroxylation sites is 1. The van der Waals surface area contributed by atoms with E-state index in [-0.39, 0.29) is 6.10 Å². The van der Waals surface area contributed by atoms with Crippen LogP contribution in [0.25, 0.3) is 0 Å². The first kappa shape index (κ1) is 16.5. The van der Waals surface area contributed by atoms with Gasteiger partial charge in [-0.05, 0) is 37.8 Å². The van der Waals surface area contributed by atoms with Crippen molar-refractivity contribution >= 4 is 5.91 Å². The Kier molecular flexibility index (Phi) is 5.57. The normalized spacial score (nSPS) is 17.1. The summed E-state index contributed by atoms with van der Waals surface area (Å²) in [5.41, 5.74) is 11.3. The van der Waals surface area contributed by atoms with Crippen LogP contribution in [0.5, 0.6) is 5.75 Å². The zero-order chi connectivity index (χ0) is 15.3. The molecule has 112 valence electrons. The molecule has 0 saturated carbocycles. The number of benzene rings is 1. The molecule has 3 unspecified atom stereocenters. The summed E-state index contributed by atoms with van der Waals surface area (Å²) in [5, 5.41) is 0. The fourth-order valence-corrected chi connectivity index (χ4v) is 2.17. The lowest BCUT2D eigenvalue weighted by molar-refractivity contribution is -0.123. The van der Waals surface area contributed by atoms with E-state index in [9.17, 15) is 4.79 Å². The Balaban J connectivity index is 2.81. The van der Waals surface area contributed by atoms with Gasteiger partial charge in [-0.2, -0.15) is 0 Å². The fraction of sp³-hybridized carbons (Fsp3) is 0.562. The average molecular weight is 278 g/mol. The molecule has 4 nitrogen and oxygen atoms in total. The predicted octanol–water partition coefficient (Wildman–Crippen LogP) is 2.56. The van der Waals surface area contributed by atoms with Crippen LogP contribution in [0, 0.1) is 0 Å². The second kappa shape index (κ2) is 6.75. The molecular formula is C16H26N2O2. The van der Waals surface area contributed by atoms with Crippen LogP contribution in [0.4, 0.5) is 0 Å². The van der Waals surface area contributed by atoms with Crippen LogP contribution >= 0.6 is 0 Å². The number of amides is 1. The summed E-state index contributed by atoms with van der Waals surface area (Å²) in [5.74, 6) is 0.775. The van der Waals surface area contributed by atoms with Crippen molar-refractivity contribution in [3.8, 4) is 5.75 Å². The lowest BCUT2D eigenvalue weighted by Crippen LogP contribution is -2.51. The van der Waals surface area contributed by atoms with Gasteiger partial charge in [-0.25, -0.2) is 0 Å². The van der Waals surface area contributed by atoms with E-state index < -0.39 is 11.4 Å². The summed E-state index contributed by atoms with van der Waals surface area (Å²) in [6, 6.07) is 7.99. The van der Waals surface area contributed by atoms with Gasteiger partial charge in [-0.3, -0.25) is 4.79 Å². The molecule has 1 rings (SSSR count). The minimum atomic E-state index is -1.05. The summed E-state index contributed by atoms with van der Waals surface area (Å²) in [4.78, 5) is 11.3. The molecule has 20 heavy (non-hydrogen) atoms. The second-order valence-electron chi connectivity index (χ2n) is 5.76. The van der Waals surface area contributed by atoms with E-state index >= 15 is 0 Å². The van der Waals surface area contributed by atoms with Crippen LogP contribution in [0.15, 0.2) is 24.3 Å². The van der Waals surface area contributed by atoms with Crippen molar-refractivity contribution in [1.29, 1.82) is 0 Å². The first-order valence-corrected chi connectivity index (χ1v) is 7.12. The van der Waals surface area contributed by atoms with E-state index in [0.717, 1.165) is 12.2 Å². The molecule has 4 heteroatoms. The molecule has 4 N–H and O–H groups in total. The van der Waals surface area contributed by atoms with Gasteiger partial charge < -0.3 is 16.2 Å². The SMILES string of the molecule is CCC(C)c1ccccc1OC(C)CC(C)(N)C(N)=O. The van der Waals surface area contributed by atoms with Crippen LogP contribution in [0.1, 0.15) is 52.0 Å². The van der Waals surface area contributed by atoms with Crippen molar-refractivity contribution in [3.05, 3.63) is 29.8 Å². The third kappa shape index (κ3) is 4.23. The molecule has 0 saturated heterocycles. The van der Waals surface area contributed by atoms with Crippen LogP contribution in [0.3, 0.4) is 0 Å². The summed E-state index contributed by atoms with van der Waals surface area (Å²) in [6.07, 6.45) is 1.25. The Morgan fingerprint density at radius 3 is 2.50 bits per heavy atom. The molecule has 0 radical (unpaired) electrons. The van der Waals surface area contributed by atoms with Crippen molar-refractivity contribution in [1.82, 2.24) is 0 Å². The molecule has 3 atom stereocenters. The van der Waals surface area contributed by atoms with Crippen molar-refractivity contribution < 1.29 is 9.53 Å². The number of ether oxygens (including phenoxy) is 1. The van der Waals surface area contributed by atoms with Gasteiger partial charge in [0.05, 0.1) is 11.6 Å². The van der Waals surface area contributed by atoms with Crippen molar-refractivity contribution in [3.63, 3.8) is 0 Å². The van der Waals surface area contributed by atoms with Crippen molar-refractivity contribution in [2.45, 2.75) is 58.1 Å². The zero-order valence-corrected chi connectivity index (χ0v) is 12.8. The molecule has 1 amide bonds. The van der Waals surface area contributed by atoms with Gasteiger partial charge in [0.1, 0.15) is 5.75 Å². The number of rotatable bonds is 7. The Hall–Kier alpha value is -1.55. The van der Waals surface area contributed by atoms with Crippen LogP contribution < -0.4 is 16.2 Å². The minimum Gasteiger partial charge on any atom is -0.490 e. The quantitative estimate of drug-likeness (QED) is 0.804. The summed E-state index contributed by atoms with van der Waals surface area (Å²) < 4.78 is 5.97. The van der Waals surface area contributed by atoms with Crippen LogP contribution in [-0.4, -0.2) is 17.6 Å². The third-order valence-electron chi connectivity index (χ3n) is 3.66. The molecule has 0 heterocycles. The van der Waals surface area contributed by atoms with E-state index in [0.29, 0.717) is 12.3 Å². The maximum Gasteiger partial charge on any atom is 0.237 e. The van der Waals surface area contributed by atoms with Crippen molar-refractivity contribution in [2.75, 3.05) is 0 Å². The fourth-order valence-electron chi connectivity index (χ4n) is 2.17. The van der Waals surface area contributed by atoms with E-state index in [1.807, 2.05) is 25.1 Å². The van der Waals surface area contributed by atoms with Crippen LogP contribution in [-0.2, 0) is 4.79 Å². The first-order valence-electron chi connectivity index (χ1n) is 7.12. The number of carbonyl (C=O) groups is 1. The molecule has 1 aromatic carbocycles. The van der Waals surface area contributed by atoms with Gasteiger partial charge in [0, 0.05) is 6.42 Å². The van der Waals surface area contributed by atoms with Gasteiger partial charge in [-0.1, -0.05) is 32.0 Å². The highest BCUT2D eigenvalue weighted by atomic mass is 16.5. The highest BCUT2D eigenvalue weighted by Crippen LogP contribution is 2.29. The Morgan fingerprint density at radius 2 is 1.95 bits per heavy atom. The Morgan fingerprint density at radius 1 is 1.35 bits per heavy atom. The monoisotopic (exact) mass is 278 g/mol. The number of hydrogen-bond acceptors (Lipinski definition) is 3. The standard InChI is InChI=1S/C16H26N2O2/c1-5-11(2)13-8-6-7-9-14(13)20-12(3)10-16(4,18)15(17)19/h6-9,11-12H,5,10,18H2,1-4H3,(H2,17,19). The van der Waals surface area contributed by atoms with Gasteiger partial charge in [0.15, 0.2) is 0 Å². The first-order chi connectivity index (χ1) is 9.27. The van der Waals surface area contributed by atoms with E-state index in [1.165, 1.54) is 5.56 Å². The second-order valence-corrected chi connectivity index (χ2v) is 5.76. The average Bonchev–Trinajstić information content (AvgIpc) is 2.37. The topological polar surface area (TPSA) is 78.3 Å². The zero-order valence-electron chi connectivity index (χ0n) is 12.8. The molecule has 0 spiro atoms. The Labute approximate surface area is 121 Å².